The van der Waals surface area contributed by atoms with Crippen molar-refractivity contribution in [1.29, 1.82) is 0 Å². The lowest BCUT2D eigenvalue weighted by Gasteiger charge is -2.18. The summed E-state index contributed by atoms with van der Waals surface area (Å²) in [6, 6.07) is 0. The Kier molecular flexibility index (Phi) is 39.8. The molecule has 0 aromatic carbocycles. The molecule has 0 aliphatic heterocycles. The van der Waals surface area contributed by atoms with Crippen molar-refractivity contribution in [3.63, 3.8) is 0 Å². The van der Waals surface area contributed by atoms with Crippen LogP contribution >= 0.6 is 0 Å². The standard InChI is InChI=1S/C44H86N2O7/c1-5-7-9-11-13-15-17-19-21-23-25-33-42(47)51-37-29-27-31-41(53-44(49)45-35-39-50-40-36-46(3)4)32-28-30-38-52-43(48)34-26-24-22-20-18-16-14-12-10-8-6-2/h41H,5-40H2,1-4H3,(H,45,49). The Bertz CT molecular complexity index is 763. The third-order valence-electron chi connectivity index (χ3n) is 9.81. The van der Waals surface area contributed by atoms with Gasteiger partial charge in [-0.2, -0.15) is 0 Å². The predicted molar refractivity (Wildman–Crippen MR) is 219 cm³/mol. The van der Waals surface area contributed by atoms with Gasteiger partial charge in [-0.15, -0.1) is 0 Å². The Morgan fingerprint density at radius 2 is 0.887 bits per heavy atom. The Balaban J connectivity index is 4.17. The maximum Gasteiger partial charge on any atom is 0.407 e. The van der Waals surface area contributed by atoms with E-state index in [0.29, 0.717) is 58.7 Å². The van der Waals surface area contributed by atoms with Crippen molar-refractivity contribution in [2.45, 2.75) is 213 Å². The van der Waals surface area contributed by atoms with Crippen LogP contribution in [-0.2, 0) is 28.5 Å². The van der Waals surface area contributed by atoms with E-state index in [2.05, 4.69) is 19.2 Å². The monoisotopic (exact) mass is 755 g/mol. The second-order valence-electron chi connectivity index (χ2n) is 15.4. The Morgan fingerprint density at radius 1 is 0.491 bits per heavy atom. The maximum absolute atomic E-state index is 12.5. The Hall–Kier alpha value is -1.87. The normalized spacial score (nSPS) is 11.4. The maximum atomic E-state index is 12.5. The highest BCUT2D eigenvalue weighted by Gasteiger charge is 2.15. The number of nitrogens with one attached hydrogen (secondary N) is 1. The smallest absolute Gasteiger partial charge is 0.407 e. The zero-order valence-electron chi connectivity index (χ0n) is 35.3. The molecule has 1 N–H and O–H groups in total. The van der Waals surface area contributed by atoms with Crippen molar-refractivity contribution in [3.8, 4) is 0 Å². The third-order valence-corrected chi connectivity index (χ3v) is 9.81. The van der Waals surface area contributed by atoms with Crippen LogP contribution in [0.15, 0.2) is 0 Å². The second kappa shape index (κ2) is 41.3. The van der Waals surface area contributed by atoms with Crippen LogP contribution in [0, 0.1) is 0 Å². The van der Waals surface area contributed by atoms with Gasteiger partial charge in [0, 0.05) is 25.9 Å². The number of alkyl carbamates (subject to hydrolysis) is 1. The molecular formula is C44H86N2O7. The number of hydrogen-bond acceptors (Lipinski definition) is 8. The minimum absolute atomic E-state index is 0.112. The molecule has 0 saturated heterocycles. The zero-order chi connectivity index (χ0) is 38.9. The van der Waals surface area contributed by atoms with E-state index in [-0.39, 0.29) is 18.0 Å². The quantitative estimate of drug-likeness (QED) is 0.0374. The minimum atomic E-state index is -0.442. The second-order valence-corrected chi connectivity index (χ2v) is 15.4. The highest BCUT2D eigenvalue weighted by Crippen LogP contribution is 2.16. The molecule has 0 aromatic rings. The van der Waals surface area contributed by atoms with E-state index in [1.54, 1.807) is 0 Å². The average Bonchev–Trinajstić information content (AvgIpc) is 3.13. The van der Waals surface area contributed by atoms with Gasteiger partial charge < -0.3 is 29.2 Å². The van der Waals surface area contributed by atoms with Crippen LogP contribution in [0.2, 0.25) is 0 Å². The fourth-order valence-corrected chi connectivity index (χ4v) is 6.36. The summed E-state index contributed by atoms with van der Waals surface area (Å²) in [7, 11) is 3.99. The molecule has 0 fully saturated rings. The summed E-state index contributed by atoms with van der Waals surface area (Å²) >= 11 is 0. The fraction of sp³-hybridized carbons (Fsp3) is 0.932. The molecule has 53 heavy (non-hydrogen) atoms. The van der Waals surface area contributed by atoms with Gasteiger partial charge >= 0.3 is 18.0 Å². The van der Waals surface area contributed by atoms with Crippen LogP contribution in [0.25, 0.3) is 0 Å². The molecule has 0 aliphatic carbocycles. The number of likely N-dealkylation sites (N-methyl/N-ethyl adjacent to an activating group) is 1. The molecule has 9 heteroatoms. The Labute approximate surface area is 327 Å². The number of rotatable bonds is 41. The fourth-order valence-electron chi connectivity index (χ4n) is 6.36. The molecule has 0 aromatic heterocycles. The number of ether oxygens (including phenoxy) is 4. The topological polar surface area (TPSA) is 103 Å². The first-order valence-electron chi connectivity index (χ1n) is 22.4. The molecule has 0 atom stereocenters. The van der Waals surface area contributed by atoms with Crippen LogP contribution in [0.5, 0.6) is 0 Å². The van der Waals surface area contributed by atoms with Crippen molar-refractivity contribution < 1.29 is 33.3 Å². The molecule has 0 heterocycles. The van der Waals surface area contributed by atoms with Crippen molar-refractivity contribution >= 4 is 18.0 Å². The van der Waals surface area contributed by atoms with Gasteiger partial charge in [0.15, 0.2) is 0 Å². The van der Waals surface area contributed by atoms with Gasteiger partial charge in [0.25, 0.3) is 0 Å². The van der Waals surface area contributed by atoms with E-state index in [4.69, 9.17) is 18.9 Å². The van der Waals surface area contributed by atoms with Crippen molar-refractivity contribution in [2.75, 3.05) is 53.6 Å². The molecule has 1 amide bonds. The van der Waals surface area contributed by atoms with Crippen LogP contribution in [-0.4, -0.2) is 82.6 Å². The summed E-state index contributed by atoms with van der Waals surface area (Å²) in [4.78, 5) is 39.0. The van der Waals surface area contributed by atoms with E-state index in [0.717, 1.165) is 57.9 Å². The van der Waals surface area contributed by atoms with Crippen LogP contribution in [0.4, 0.5) is 4.79 Å². The highest BCUT2D eigenvalue weighted by atomic mass is 16.6. The molecule has 0 rings (SSSR count). The lowest BCUT2D eigenvalue weighted by Crippen LogP contribution is -2.32. The number of unbranched alkanes of at least 4 members (excludes halogenated alkanes) is 22. The predicted octanol–water partition coefficient (Wildman–Crippen LogP) is 11.5. The molecular weight excluding hydrogens is 668 g/mol. The molecule has 0 radical (unpaired) electrons. The SMILES string of the molecule is CCCCCCCCCCCCCC(=O)OCCCCC(CCCCOC(=O)CCCCCCCCCCCCC)OC(=O)NCCOCCN(C)C. The molecule has 0 unspecified atom stereocenters. The highest BCUT2D eigenvalue weighted by molar-refractivity contribution is 5.69. The number of esters is 2. The lowest BCUT2D eigenvalue weighted by molar-refractivity contribution is -0.144. The van der Waals surface area contributed by atoms with E-state index in [1.807, 2.05) is 19.0 Å². The van der Waals surface area contributed by atoms with E-state index >= 15 is 0 Å². The van der Waals surface area contributed by atoms with Crippen LogP contribution < -0.4 is 5.32 Å². The summed E-state index contributed by atoms with van der Waals surface area (Å²) in [5.74, 6) is -0.224. The zero-order valence-corrected chi connectivity index (χ0v) is 35.3. The summed E-state index contributed by atoms with van der Waals surface area (Å²) in [5.41, 5.74) is 0. The third kappa shape index (κ3) is 41.1. The van der Waals surface area contributed by atoms with Gasteiger partial charge in [-0.1, -0.05) is 142 Å². The first-order valence-corrected chi connectivity index (χ1v) is 22.4. The van der Waals surface area contributed by atoms with E-state index in [9.17, 15) is 14.4 Å². The molecule has 0 aliphatic rings. The van der Waals surface area contributed by atoms with E-state index in [1.165, 1.54) is 116 Å². The first kappa shape index (κ1) is 51.1. The van der Waals surface area contributed by atoms with Crippen molar-refractivity contribution in [3.05, 3.63) is 0 Å². The van der Waals surface area contributed by atoms with Crippen molar-refractivity contribution in [1.82, 2.24) is 10.2 Å². The van der Waals surface area contributed by atoms with Gasteiger partial charge in [0.1, 0.15) is 6.10 Å². The van der Waals surface area contributed by atoms with Gasteiger partial charge in [0.2, 0.25) is 0 Å². The lowest BCUT2D eigenvalue weighted by atomic mass is 10.1. The number of carbonyl (C=O) groups is 3. The molecule has 9 nitrogen and oxygen atoms in total. The molecule has 0 saturated carbocycles. The van der Waals surface area contributed by atoms with Gasteiger partial charge in [-0.25, -0.2) is 4.79 Å². The van der Waals surface area contributed by atoms with Gasteiger partial charge in [-0.05, 0) is 65.5 Å². The molecule has 0 spiro atoms. The minimum Gasteiger partial charge on any atom is -0.466 e. The summed E-state index contributed by atoms with van der Waals surface area (Å²) in [6.07, 6.45) is 32.5. The largest absolute Gasteiger partial charge is 0.466 e. The first-order chi connectivity index (χ1) is 25.9. The average molecular weight is 755 g/mol. The number of hydrogen-bond donors (Lipinski definition) is 1. The van der Waals surface area contributed by atoms with Crippen molar-refractivity contribution in [2.24, 2.45) is 0 Å². The van der Waals surface area contributed by atoms with Crippen LogP contribution in [0.1, 0.15) is 206 Å². The molecule has 314 valence electrons. The number of carbonyl (C=O) groups excluding carboxylic acids is 3. The molecule has 0 bridgehead atoms. The summed E-state index contributed by atoms with van der Waals surface area (Å²) in [5, 5.41) is 2.79. The van der Waals surface area contributed by atoms with Gasteiger partial charge in [-0.3, -0.25) is 9.59 Å². The van der Waals surface area contributed by atoms with E-state index < -0.39 is 6.09 Å². The number of nitrogens with zero attached hydrogens (tertiary/aromatic N) is 1. The summed E-state index contributed by atoms with van der Waals surface area (Å²) < 4.78 is 22.3. The van der Waals surface area contributed by atoms with Gasteiger partial charge in [0.05, 0.1) is 26.4 Å². The summed E-state index contributed by atoms with van der Waals surface area (Å²) in [6.45, 7) is 7.57. The Morgan fingerprint density at radius 3 is 1.28 bits per heavy atom. The van der Waals surface area contributed by atoms with Crippen LogP contribution in [0.3, 0.4) is 0 Å². The number of amides is 1.